The number of para-hydroxylation sites is 1. The summed E-state index contributed by atoms with van der Waals surface area (Å²) in [6, 6.07) is 25.8. The van der Waals surface area contributed by atoms with Crippen molar-refractivity contribution in [1.29, 1.82) is 0 Å². The van der Waals surface area contributed by atoms with Crippen molar-refractivity contribution >= 4 is 40.6 Å². The lowest BCUT2D eigenvalue weighted by Gasteiger charge is -2.39. The first-order valence-corrected chi connectivity index (χ1v) is 19.9. The first kappa shape index (κ1) is 36.5. The molecule has 1 aromatic heterocycles. The minimum absolute atomic E-state index is 0.0525. The molecule has 0 radical (unpaired) electrons. The Kier molecular flexibility index (Phi) is 9.87. The number of nitrogens with one attached hydrogen (secondary N) is 1. The minimum Gasteiger partial charge on any atom is -0.507 e. The maximum Gasteiger partial charge on any atom is 0.267 e. The molecular formula is C43H47N9O5. The molecule has 3 aromatic carbocycles. The number of amides is 3. The number of fused-ring (bicyclic) bond motifs is 2. The molecule has 294 valence electrons. The first-order valence-electron chi connectivity index (χ1n) is 19.9. The van der Waals surface area contributed by atoms with Crippen LogP contribution in [-0.4, -0.2) is 101 Å². The number of phenols is 1. The van der Waals surface area contributed by atoms with Gasteiger partial charge in [0.15, 0.2) is 11.9 Å². The Morgan fingerprint density at radius 3 is 2.40 bits per heavy atom. The molecule has 0 aliphatic carbocycles. The van der Waals surface area contributed by atoms with Crippen LogP contribution in [-0.2, 0) is 20.9 Å². The van der Waals surface area contributed by atoms with Crippen LogP contribution in [0.4, 0.5) is 22.9 Å². The standard InChI is InChI=1S/C43H47N9O5/c44-41-37(24-36(46-47-41)35-6-1-2-7-38(35)53)52-27-32-23-33(52)26-51(32)31-5-3-4-28(22-31)25-48-16-14-29(15-17-48)43(56)50-20-18-49(19-21-50)30-8-10-34(11-9-30)57-39-12-13-40(54)45-42(39)55/h1-11,22,24,26,29,32,39,53H,12-21,23,25,27H2,(H2,44,47)(H,45,54,55). The van der Waals surface area contributed by atoms with Crippen LogP contribution < -0.4 is 30.5 Å². The molecule has 0 spiro atoms. The zero-order valence-electron chi connectivity index (χ0n) is 31.8. The number of nitrogens with zero attached hydrogens (tertiary/aromatic N) is 7. The highest BCUT2D eigenvalue weighted by Gasteiger charge is 2.39. The molecule has 5 aliphatic rings. The smallest absolute Gasteiger partial charge is 0.267 e. The van der Waals surface area contributed by atoms with Crippen LogP contribution in [0.25, 0.3) is 11.3 Å². The van der Waals surface area contributed by atoms with Gasteiger partial charge in [-0.05, 0) is 86.1 Å². The molecule has 6 heterocycles. The van der Waals surface area contributed by atoms with Crippen LogP contribution in [0, 0.1) is 5.92 Å². The number of likely N-dealkylation sites (tertiary alicyclic amines) is 1. The van der Waals surface area contributed by atoms with Crippen molar-refractivity contribution in [2.24, 2.45) is 5.92 Å². The van der Waals surface area contributed by atoms with Crippen molar-refractivity contribution in [2.45, 2.75) is 50.8 Å². The molecular weight excluding hydrogens is 723 g/mol. The average molecular weight is 770 g/mol. The van der Waals surface area contributed by atoms with E-state index in [1.54, 1.807) is 12.1 Å². The lowest BCUT2D eigenvalue weighted by atomic mass is 9.94. The Hall–Kier alpha value is -6.15. The van der Waals surface area contributed by atoms with Crippen molar-refractivity contribution < 1.29 is 24.2 Å². The van der Waals surface area contributed by atoms with Crippen LogP contribution >= 0.6 is 0 Å². The lowest BCUT2D eigenvalue weighted by Crippen LogP contribution is -2.51. The number of aromatic nitrogens is 2. The normalized spacial score (nSPS) is 21.5. The predicted octanol–water partition coefficient (Wildman–Crippen LogP) is 4.12. The van der Waals surface area contributed by atoms with E-state index in [4.69, 9.17) is 10.5 Å². The molecule has 14 nitrogen and oxygen atoms in total. The maximum atomic E-state index is 13.6. The van der Waals surface area contributed by atoms with Crippen molar-refractivity contribution in [3.05, 3.63) is 96.3 Å². The number of anilines is 4. The number of nitrogen functional groups attached to an aromatic ring is 1. The Morgan fingerprint density at radius 1 is 0.877 bits per heavy atom. The second kappa shape index (κ2) is 15.4. The molecule has 5 aliphatic heterocycles. The van der Waals surface area contributed by atoms with Gasteiger partial charge in [-0.15, -0.1) is 10.2 Å². The predicted molar refractivity (Wildman–Crippen MR) is 216 cm³/mol. The van der Waals surface area contributed by atoms with Gasteiger partial charge in [0.2, 0.25) is 11.8 Å². The van der Waals surface area contributed by atoms with E-state index in [0.717, 1.165) is 69.9 Å². The van der Waals surface area contributed by atoms with Gasteiger partial charge < -0.3 is 35.2 Å². The van der Waals surface area contributed by atoms with E-state index in [0.29, 0.717) is 42.3 Å². The van der Waals surface area contributed by atoms with Gasteiger partial charge in [0.1, 0.15) is 11.5 Å². The van der Waals surface area contributed by atoms with Gasteiger partial charge in [-0.3, -0.25) is 24.6 Å². The maximum absolute atomic E-state index is 13.6. The third-order valence-electron chi connectivity index (χ3n) is 12.0. The number of phenolic OH excluding ortho intramolecular Hbond substituents is 1. The molecule has 2 atom stereocenters. The zero-order chi connectivity index (χ0) is 39.0. The first-order chi connectivity index (χ1) is 27.8. The highest BCUT2D eigenvalue weighted by molar-refractivity contribution is 6.00. The number of piperidine rings is 2. The Bertz CT molecular complexity index is 2200. The highest BCUT2D eigenvalue weighted by atomic mass is 16.5. The van der Waals surface area contributed by atoms with Gasteiger partial charge in [-0.2, -0.15) is 0 Å². The average Bonchev–Trinajstić information content (AvgIpc) is 3.85. The molecule has 57 heavy (non-hydrogen) atoms. The Labute approximate surface area is 331 Å². The topological polar surface area (TPSA) is 161 Å². The molecule has 4 saturated heterocycles. The van der Waals surface area contributed by atoms with Gasteiger partial charge >= 0.3 is 0 Å². The Balaban J connectivity index is 0.749. The van der Waals surface area contributed by atoms with E-state index >= 15 is 0 Å². The van der Waals surface area contributed by atoms with Crippen molar-refractivity contribution in [3.63, 3.8) is 0 Å². The number of hydrogen-bond donors (Lipinski definition) is 3. The number of carbonyl (C=O) groups excluding carboxylic acids is 3. The van der Waals surface area contributed by atoms with Gasteiger partial charge in [0.25, 0.3) is 5.91 Å². The number of hydrogen-bond acceptors (Lipinski definition) is 12. The third kappa shape index (κ3) is 7.56. The van der Waals surface area contributed by atoms with E-state index in [1.807, 2.05) is 47.4 Å². The molecule has 0 saturated carbocycles. The molecule has 2 unspecified atom stereocenters. The molecule has 9 rings (SSSR count). The van der Waals surface area contributed by atoms with Crippen molar-refractivity contribution in [2.75, 3.05) is 66.2 Å². The summed E-state index contributed by atoms with van der Waals surface area (Å²) in [5.41, 5.74) is 13.0. The number of aromatic hydroxyl groups is 1. The second-order valence-corrected chi connectivity index (χ2v) is 15.6. The number of rotatable bonds is 9. The Morgan fingerprint density at radius 2 is 1.67 bits per heavy atom. The van der Waals surface area contributed by atoms with Crippen LogP contribution in [0.15, 0.2) is 90.8 Å². The van der Waals surface area contributed by atoms with E-state index in [2.05, 4.69) is 65.6 Å². The number of piperazine rings is 1. The SMILES string of the molecule is Nc1nnc(-c2ccccc2O)cc1N1CC2CC1=CN2c1cccc(CN2CCC(C(=O)N3CCN(c4ccc(OC5CCC(=O)NC5=O)cc4)CC3)CC2)c1. The molecule has 2 bridgehead atoms. The number of carbonyl (C=O) groups is 3. The van der Waals surface area contributed by atoms with Gasteiger partial charge in [-0.1, -0.05) is 24.3 Å². The molecule has 4 N–H and O–H groups in total. The van der Waals surface area contributed by atoms with Crippen molar-refractivity contribution in [3.8, 4) is 22.8 Å². The minimum atomic E-state index is -0.657. The highest BCUT2D eigenvalue weighted by Crippen LogP contribution is 2.42. The van der Waals surface area contributed by atoms with Gasteiger partial charge in [0.05, 0.1) is 17.4 Å². The summed E-state index contributed by atoms with van der Waals surface area (Å²) in [4.78, 5) is 48.4. The molecule has 4 aromatic rings. The fourth-order valence-corrected chi connectivity index (χ4v) is 8.83. The fourth-order valence-electron chi connectivity index (χ4n) is 8.83. The monoisotopic (exact) mass is 769 g/mol. The van der Waals surface area contributed by atoms with Gasteiger partial charge in [-0.25, -0.2) is 0 Å². The largest absolute Gasteiger partial charge is 0.507 e. The summed E-state index contributed by atoms with van der Waals surface area (Å²) >= 11 is 0. The summed E-state index contributed by atoms with van der Waals surface area (Å²) in [6.07, 6.45) is 4.84. The molecule has 4 fully saturated rings. The quantitative estimate of drug-likeness (QED) is 0.210. The van der Waals surface area contributed by atoms with E-state index in [1.165, 1.54) is 16.9 Å². The molecule has 14 heteroatoms. The van der Waals surface area contributed by atoms with Crippen LogP contribution in [0.1, 0.15) is 37.7 Å². The number of imide groups is 1. The van der Waals surface area contributed by atoms with Crippen LogP contribution in [0.5, 0.6) is 11.5 Å². The summed E-state index contributed by atoms with van der Waals surface area (Å²) in [5, 5.41) is 21.2. The van der Waals surface area contributed by atoms with Crippen LogP contribution in [0.3, 0.4) is 0 Å². The van der Waals surface area contributed by atoms with E-state index < -0.39 is 12.0 Å². The second-order valence-electron chi connectivity index (χ2n) is 15.6. The number of benzene rings is 3. The van der Waals surface area contributed by atoms with Gasteiger partial charge in [0, 0.05) is 93.3 Å². The summed E-state index contributed by atoms with van der Waals surface area (Å²) < 4.78 is 5.83. The summed E-state index contributed by atoms with van der Waals surface area (Å²) in [7, 11) is 0. The molecule has 3 amide bonds. The van der Waals surface area contributed by atoms with E-state index in [-0.39, 0.29) is 35.9 Å². The zero-order valence-corrected chi connectivity index (χ0v) is 31.8. The van der Waals surface area contributed by atoms with Crippen molar-refractivity contribution in [1.82, 2.24) is 25.3 Å². The number of ether oxygens (including phenoxy) is 1. The van der Waals surface area contributed by atoms with Crippen LogP contribution in [0.2, 0.25) is 0 Å². The summed E-state index contributed by atoms with van der Waals surface area (Å²) in [6.45, 7) is 6.31. The fraction of sp³-hybridized carbons (Fsp3) is 0.372. The number of nitrogens with two attached hydrogens (primary N) is 1. The summed E-state index contributed by atoms with van der Waals surface area (Å²) in [5.74, 6) is 0.790. The van der Waals surface area contributed by atoms with E-state index in [9.17, 15) is 19.5 Å². The lowest BCUT2D eigenvalue weighted by molar-refractivity contribution is -0.139. The third-order valence-corrected chi connectivity index (χ3v) is 12.0.